The van der Waals surface area contributed by atoms with Crippen molar-refractivity contribution in [2.24, 2.45) is 13.0 Å². The summed E-state index contributed by atoms with van der Waals surface area (Å²) in [6, 6.07) is 8.86. The molecule has 0 aromatic carbocycles. The Balaban J connectivity index is 2.42. The van der Waals surface area contributed by atoms with Crippen LogP contribution in [-0.2, 0) is 7.05 Å². The smallest absolute Gasteiger partial charge is 0.0359 e. The number of nitrogens with zero attached hydrogens (tertiary/aromatic N) is 1. The first kappa shape index (κ1) is 11.5. The molecule has 0 bridgehead atoms. The number of aromatic nitrogens is 1. The predicted octanol–water partition coefficient (Wildman–Crippen LogP) is 4.18. The fourth-order valence-corrected chi connectivity index (χ4v) is 3.40. The average molecular weight is 233 g/mol. The summed E-state index contributed by atoms with van der Waals surface area (Å²) >= 11 is 1.92. The third kappa shape index (κ3) is 2.07. The van der Waals surface area contributed by atoms with Gasteiger partial charge in [0.25, 0.3) is 0 Å². The molecule has 1 atom stereocenters. The van der Waals surface area contributed by atoms with Gasteiger partial charge in [-0.15, -0.1) is 11.3 Å². The minimum Gasteiger partial charge on any atom is -0.354 e. The molecule has 0 saturated heterocycles. The van der Waals surface area contributed by atoms with Gasteiger partial charge in [0.05, 0.1) is 0 Å². The van der Waals surface area contributed by atoms with Gasteiger partial charge in [-0.05, 0) is 37.1 Å². The van der Waals surface area contributed by atoms with Crippen LogP contribution in [0.3, 0.4) is 0 Å². The van der Waals surface area contributed by atoms with Gasteiger partial charge in [-0.1, -0.05) is 13.8 Å². The molecule has 0 spiro atoms. The molecule has 86 valence electrons. The Kier molecular flexibility index (Phi) is 3.20. The van der Waals surface area contributed by atoms with E-state index >= 15 is 0 Å². The van der Waals surface area contributed by atoms with Crippen LogP contribution in [0.4, 0.5) is 0 Å². The van der Waals surface area contributed by atoms with Crippen LogP contribution < -0.4 is 0 Å². The summed E-state index contributed by atoms with van der Waals surface area (Å²) in [5.74, 6) is 1.16. The first-order valence-electron chi connectivity index (χ1n) is 5.77. The molecule has 0 aliphatic carbocycles. The first-order chi connectivity index (χ1) is 7.59. The third-order valence-corrected chi connectivity index (χ3v) is 4.12. The standard InChI is InChI=1S/C14H19NS/c1-10(2)14(12-6-5-9-15(12)4)13-8-7-11(3)16-13/h5-10,14H,1-4H3. The molecule has 0 aliphatic heterocycles. The fraction of sp³-hybridized carbons (Fsp3) is 0.429. The first-order valence-corrected chi connectivity index (χ1v) is 6.59. The maximum atomic E-state index is 2.30. The van der Waals surface area contributed by atoms with Crippen molar-refractivity contribution in [3.63, 3.8) is 0 Å². The second-order valence-corrected chi connectivity index (χ2v) is 6.03. The lowest BCUT2D eigenvalue weighted by atomic mass is 9.91. The summed E-state index contributed by atoms with van der Waals surface area (Å²) in [5.41, 5.74) is 1.41. The van der Waals surface area contributed by atoms with Gasteiger partial charge in [-0.25, -0.2) is 0 Å². The van der Waals surface area contributed by atoms with Gasteiger partial charge >= 0.3 is 0 Å². The Morgan fingerprint density at radius 3 is 2.38 bits per heavy atom. The van der Waals surface area contributed by atoms with E-state index in [1.54, 1.807) is 0 Å². The van der Waals surface area contributed by atoms with Gasteiger partial charge in [0.15, 0.2) is 0 Å². The van der Waals surface area contributed by atoms with Gasteiger partial charge < -0.3 is 4.57 Å². The number of rotatable bonds is 3. The van der Waals surface area contributed by atoms with Crippen molar-refractivity contribution >= 4 is 11.3 Å². The quantitative estimate of drug-likeness (QED) is 0.749. The fourth-order valence-electron chi connectivity index (χ4n) is 2.23. The van der Waals surface area contributed by atoms with Crippen LogP contribution in [0.5, 0.6) is 0 Å². The number of hydrogen-bond donors (Lipinski definition) is 0. The van der Waals surface area contributed by atoms with Crippen LogP contribution in [0.15, 0.2) is 30.5 Å². The monoisotopic (exact) mass is 233 g/mol. The molecule has 2 aromatic heterocycles. The Bertz CT molecular complexity index is 465. The Morgan fingerprint density at radius 2 is 1.94 bits per heavy atom. The highest BCUT2D eigenvalue weighted by Gasteiger charge is 2.21. The van der Waals surface area contributed by atoms with Gasteiger partial charge in [0.2, 0.25) is 0 Å². The molecule has 0 radical (unpaired) electrons. The van der Waals surface area contributed by atoms with Crippen LogP contribution in [0.25, 0.3) is 0 Å². The average Bonchev–Trinajstić information content (AvgIpc) is 2.78. The lowest BCUT2D eigenvalue weighted by Gasteiger charge is -2.20. The van der Waals surface area contributed by atoms with E-state index in [0.29, 0.717) is 11.8 Å². The maximum Gasteiger partial charge on any atom is 0.0359 e. The lowest BCUT2D eigenvalue weighted by Crippen LogP contribution is -2.10. The van der Waals surface area contributed by atoms with Crippen molar-refractivity contribution in [3.8, 4) is 0 Å². The topological polar surface area (TPSA) is 4.93 Å². The van der Waals surface area contributed by atoms with E-state index in [2.05, 4.69) is 62.8 Å². The summed E-state index contributed by atoms with van der Waals surface area (Å²) in [6.07, 6.45) is 2.13. The molecular weight excluding hydrogens is 214 g/mol. The number of aryl methyl sites for hydroxylation is 2. The van der Waals surface area contributed by atoms with E-state index in [1.165, 1.54) is 15.4 Å². The summed E-state index contributed by atoms with van der Waals surface area (Å²) in [6.45, 7) is 6.77. The SMILES string of the molecule is Cc1ccc(C(c2cccn2C)C(C)C)s1. The molecule has 0 aliphatic rings. The van der Waals surface area contributed by atoms with Gasteiger partial charge in [0.1, 0.15) is 0 Å². The van der Waals surface area contributed by atoms with E-state index in [4.69, 9.17) is 0 Å². The molecule has 2 aromatic rings. The Labute approximate surface area is 102 Å². The second kappa shape index (κ2) is 4.46. The Hall–Kier alpha value is -1.02. The normalized spacial score (nSPS) is 13.3. The van der Waals surface area contributed by atoms with Crippen LogP contribution >= 0.6 is 11.3 Å². The zero-order chi connectivity index (χ0) is 11.7. The summed E-state index contributed by atoms with van der Waals surface area (Å²) in [4.78, 5) is 2.88. The van der Waals surface area contributed by atoms with Crippen LogP contribution in [-0.4, -0.2) is 4.57 Å². The van der Waals surface area contributed by atoms with E-state index < -0.39 is 0 Å². The molecule has 2 heteroatoms. The molecule has 0 saturated carbocycles. The van der Waals surface area contributed by atoms with Crippen molar-refractivity contribution in [3.05, 3.63) is 45.9 Å². The van der Waals surface area contributed by atoms with Crippen LogP contribution in [0.1, 0.15) is 35.2 Å². The summed E-state index contributed by atoms with van der Waals surface area (Å²) < 4.78 is 2.24. The highest BCUT2D eigenvalue weighted by atomic mass is 32.1. The minimum absolute atomic E-state index is 0.527. The molecule has 0 fully saturated rings. The molecule has 1 nitrogen and oxygen atoms in total. The zero-order valence-corrected chi connectivity index (χ0v) is 11.2. The van der Waals surface area contributed by atoms with Crippen molar-refractivity contribution in [1.29, 1.82) is 0 Å². The van der Waals surface area contributed by atoms with E-state index in [-0.39, 0.29) is 0 Å². The lowest BCUT2D eigenvalue weighted by molar-refractivity contribution is 0.544. The predicted molar refractivity (Wildman–Crippen MR) is 71.2 cm³/mol. The van der Waals surface area contributed by atoms with E-state index in [9.17, 15) is 0 Å². The molecule has 0 N–H and O–H groups in total. The van der Waals surface area contributed by atoms with Gasteiger partial charge in [0, 0.05) is 34.6 Å². The highest BCUT2D eigenvalue weighted by molar-refractivity contribution is 7.12. The number of hydrogen-bond acceptors (Lipinski definition) is 1. The van der Waals surface area contributed by atoms with Crippen molar-refractivity contribution in [2.45, 2.75) is 26.7 Å². The zero-order valence-electron chi connectivity index (χ0n) is 10.4. The summed E-state index contributed by atoms with van der Waals surface area (Å²) in [7, 11) is 2.13. The van der Waals surface area contributed by atoms with Crippen molar-refractivity contribution < 1.29 is 0 Å². The largest absolute Gasteiger partial charge is 0.354 e. The summed E-state index contributed by atoms with van der Waals surface area (Å²) in [5, 5.41) is 0. The third-order valence-electron chi connectivity index (χ3n) is 3.04. The Morgan fingerprint density at radius 1 is 1.19 bits per heavy atom. The van der Waals surface area contributed by atoms with Crippen LogP contribution in [0, 0.1) is 12.8 Å². The van der Waals surface area contributed by atoms with Crippen LogP contribution in [0.2, 0.25) is 0 Å². The number of thiophene rings is 1. The van der Waals surface area contributed by atoms with E-state index in [1.807, 2.05) is 11.3 Å². The molecule has 16 heavy (non-hydrogen) atoms. The highest BCUT2D eigenvalue weighted by Crippen LogP contribution is 2.35. The second-order valence-electron chi connectivity index (χ2n) is 4.71. The van der Waals surface area contributed by atoms with Gasteiger partial charge in [-0.2, -0.15) is 0 Å². The van der Waals surface area contributed by atoms with Crippen molar-refractivity contribution in [2.75, 3.05) is 0 Å². The molecule has 0 amide bonds. The molecule has 2 heterocycles. The van der Waals surface area contributed by atoms with E-state index in [0.717, 1.165) is 0 Å². The maximum absolute atomic E-state index is 2.30. The molecule has 2 rings (SSSR count). The van der Waals surface area contributed by atoms with Crippen molar-refractivity contribution in [1.82, 2.24) is 4.57 Å². The molecule has 1 unspecified atom stereocenters. The minimum atomic E-state index is 0.527. The van der Waals surface area contributed by atoms with Gasteiger partial charge in [-0.3, -0.25) is 0 Å². The molecular formula is C14H19NS.